The van der Waals surface area contributed by atoms with Gasteiger partial charge in [-0.3, -0.25) is 9.59 Å². The third-order valence-corrected chi connectivity index (χ3v) is 3.43. The van der Waals surface area contributed by atoms with Gasteiger partial charge >= 0.3 is 0 Å². The molecule has 2 amide bonds. The fourth-order valence-electron chi connectivity index (χ4n) is 1.90. The van der Waals surface area contributed by atoms with Crippen LogP contribution in [-0.2, 0) is 9.59 Å². The number of carbonyl (C=O) groups excluding carboxylic acids is 2. The van der Waals surface area contributed by atoms with E-state index in [2.05, 4.69) is 5.16 Å². The first kappa shape index (κ1) is 17.2. The minimum absolute atomic E-state index is 0.0354. The Hall–Kier alpha value is -1.79. The second kappa shape index (κ2) is 6.96. The van der Waals surface area contributed by atoms with Crippen LogP contribution in [0.15, 0.2) is 5.16 Å². The quantitative estimate of drug-likeness (QED) is 0.310. The highest BCUT2D eigenvalue weighted by Gasteiger charge is 2.42. The van der Waals surface area contributed by atoms with E-state index < -0.39 is 5.41 Å². The van der Waals surface area contributed by atoms with Gasteiger partial charge in [0.2, 0.25) is 11.8 Å². The molecular weight excluding hydrogens is 248 g/mol. The zero-order valence-electron chi connectivity index (χ0n) is 12.3. The summed E-state index contributed by atoms with van der Waals surface area (Å²) in [7, 11) is 4.78. The van der Waals surface area contributed by atoms with E-state index in [4.69, 9.17) is 10.9 Å². The molecule has 0 heterocycles. The molecule has 0 aromatic heterocycles. The summed E-state index contributed by atoms with van der Waals surface area (Å²) >= 11 is 0. The molecule has 0 atom stereocenters. The average Bonchev–Trinajstić information content (AvgIpc) is 2.39. The Labute approximate surface area is 114 Å². The van der Waals surface area contributed by atoms with Crippen LogP contribution in [0.3, 0.4) is 0 Å². The minimum atomic E-state index is -1.06. The van der Waals surface area contributed by atoms with Crippen LogP contribution in [0.4, 0.5) is 0 Å². The number of amidine groups is 1. The molecular formula is C12H24N4O3. The molecule has 19 heavy (non-hydrogen) atoms. The predicted molar refractivity (Wildman–Crippen MR) is 72.8 cm³/mol. The third kappa shape index (κ3) is 3.59. The first-order chi connectivity index (χ1) is 8.76. The van der Waals surface area contributed by atoms with Crippen molar-refractivity contribution in [2.24, 2.45) is 16.3 Å². The Morgan fingerprint density at radius 3 is 2.00 bits per heavy atom. The van der Waals surface area contributed by atoms with Crippen molar-refractivity contribution in [3.05, 3.63) is 0 Å². The number of likely N-dealkylation sites (N-methyl/N-ethyl adjacent to an activating group) is 2. The first-order valence-corrected chi connectivity index (χ1v) is 6.20. The van der Waals surface area contributed by atoms with Gasteiger partial charge in [-0.1, -0.05) is 19.0 Å². The lowest BCUT2D eigenvalue weighted by Crippen LogP contribution is -2.51. The van der Waals surface area contributed by atoms with E-state index in [1.165, 1.54) is 16.8 Å². The number of oxime groups is 1. The highest BCUT2D eigenvalue weighted by Crippen LogP contribution is 2.29. The molecule has 0 spiro atoms. The second-order valence-corrected chi connectivity index (χ2v) is 4.72. The zero-order chi connectivity index (χ0) is 15.2. The maximum absolute atomic E-state index is 12.5. The largest absolute Gasteiger partial charge is 0.409 e. The van der Waals surface area contributed by atoms with Gasteiger partial charge in [-0.25, -0.2) is 0 Å². The van der Waals surface area contributed by atoms with Crippen LogP contribution in [0.25, 0.3) is 0 Å². The highest BCUT2D eigenvalue weighted by molar-refractivity contribution is 6.07. The van der Waals surface area contributed by atoms with Crippen molar-refractivity contribution in [2.75, 3.05) is 27.7 Å². The van der Waals surface area contributed by atoms with Crippen LogP contribution in [0.1, 0.15) is 26.7 Å². The normalized spacial score (nSPS) is 12.2. The van der Waals surface area contributed by atoms with E-state index in [1.807, 2.05) is 0 Å². The van der Waals surface area contributed by atoms with Crippen LogP contribution in [0.5, 0.6) is 0 Å². The Bertz CT molecular complexity index is 362. The fourth-order valence-corrected chi connectivity index (χ4v) is 1.90. The van der Waals surface area contributed by atoms with Gasteiger partial charge in [0.05, 0.1) is 6.54 Å². The summed E-state index contributed by atoms with van der Waals surface area (Å²) in [5, 5.41) is 11.8. The molecule has 7 heteroatoms. The number of hydrogen-bond donors (Lipinski definition) is 2. The van der Waals surface area contributed by atoms with E-state index in [9.17, 15) is 9.59 Å². The molecule has 0 saturated heterocycles. The molecule has 0 unspecified atom stereocenters. The molecule has 0 saturated carbocycles. The van der Waals surface area contributed by atoms with Crippen LogP contribution in [0.2, 0.25) is 0 Å². The number of nitrogens with zero attached hydrogens (tertiary/aromatic N) is 3. The molecule has 0 aliphatic rings. The van der Waals surface area contributed by atoms with E-state index in [0.29, 0.717) is 12.8 Å². The van der Waals surface area contributed by atoms with Crippen molar-refractivity contribution < 1.29 is 14.8 Å². The molecule has 0 bridgehead atoms. The lowest BCUT2D eigenvalue weighted by molar-refractivity contribution is -0.142. The summed E-state index contributed by atoms with van der Waals surface area (Å²) in [5.74, 6) is -0.619. The van der Waals surface area contributed by atoms with Gasteiger partial charge in [-0.05, 0) is 12.8 Å². The number of carbonyl (C=O) groups is 2. The van der Waals surface area contributed by atoms with Gasteiger partial charge in [0, 0.05) is 21.1 Å². The average molecular weight is 272 g/mol. The van der Waals surface area contributed by atoms with Crippen LogP contribution in [-0.4, -0.2) is 60.3 Å². The minimum Gasteiger partial charge on any atom is -0.409 e. The summed E-state index contributed by atoms with van der Waals surface area (Å²) in [6.07, 6.45) is 0.803. The summed E-state index contributed by atoms with van der Waals surface area (Å²) < 4.78 is 0. The van der Waals surface area contributed by atoms with E-state index in [-0.39, 0.29) is 24.2 Å². The van der Waals surface area contributed by atoms with Crippen molar-refractivity contribution in [3.8, 4) is 0 Å². The lowest BCUT2D eigenvalue weighted by Gasteiger charge is -2.33. The third-order valence-electron chi connectivity index (χ3n) is 3.43. The van der Waals surface area contributed by atoms with E-state index in [0.717, 1.165) is 0 Å². The Morgan fingerprint density at radius 2 is 1.68 bits per heavy atom. The van der Waals surface area contributed by atoms with Crippen molar-refractivity contribution >= 4 is 17.6 Å². The monoisotopic (exact) mass is 272 g/mol. The van der Waals surface area contributed by atoms with E-state index >= 15 is 0 Å². The van der Waals surface area contributed by atoms with Gasteiger partial charge in [0.25, 0.3) is 0 Å². The molecule has 0 aliphatic carbocycles. The maximum atomic E-state index is 12.5. The number of nitrogens with two attached hydrogens (primary N) is 1. The Kier molecular flexibility index (Phi) is 6.31. The van der Waals surface area contributed by atoms with Gasteiger partial charge in [-0.15, -0.1) is 0 Å². The van der Waals surface area contributed by atoms with Crippen molar-refractivity contribution in [2.45, 2.75) is 26.7 Å². The highest BCUT2D eigenvalue weighted by atomic mass is 16.4. The van der Waals surface area contributed by atoms with Crippen molar-refractivity contribution in [3.63, 3.8) is 0 Å². The topological polar surface area (TPSA) is 99.2 Å². The number of rotatable bonds is 6. The van der Waals surface area contributed by atoms with Crippen molar-refractivity contribution in [1.29, 1.82) is 0 Å². The zero-order valence-corrected chi connectivity index (χ0v) is 12.3. The number of hydrogen-bond acceptors (Lipinski definition) is 4. The van der Waals surface area contributed by atoms with Gasteiger partial charge in [0.15, 0.2) is 5.84 Å². The second-order valence-electron chi connectivity index (χ2n) is 4.72. The summed E-state index contributed by atoms with van der Waals surface area (Å²) in [4.78, 5) is 26.8. The molecule has 0 rings (SSSR count). The first-order valence-electron chi connectivity index (χ1n) is 6.20. The van der Waals surface area contributed by atoms with Gasteiger partial charge in [0.1, 0.15) is 5.41 Å². The summed E-state index contributed by atoms with van der Waals surface area (Å²) in [6, 6.07) is 0. The van der Waals surface area contributed by atoms with Crippen LogP contribution >= 0.6 is 0 Å². The molecule has 110 valence electrons. The molecule has 0 aliphatic heterocycles. The molecule has 0 aromatic rings. The van der Waals surface area contributed by atoms with Gasteiger partial charge in [-0.2, -0.15) is 0 Å². The molecule has 0 fully saturated rings. The Balaban J connectivity index is 5.17. The molecule has 3 N–H and O–H groups in total. The molecule has 0 radical (unpaired) electrons. The Morgan fingerprint density at radius 1 is 1.21 bits per heavy atom. The van der Waals surface area contributed by atoms with Crippen LogP contribution < -0.4 is 5.73 Å². The molecule has 0 aromatic carbocycles. The van der Waals surface area contributed by atoms with E-state index in [1.54, 1.807) is 27.9 Å². The fraction of sp³-hybridized carbons (Fsp3) is 0.750. The smallest absolute Gasteiger partial charge is 0.241 e. The SMILES string of the molecule is CCC(CC)(C(=O)N(C)CC(=O)N(C)C)C(N)=NO. The lowest BCUT2D eigenvalue weighted by atomic mass is 9.79. The standard InChI is InChI=1S/C12H24N4O3/c1-6-12(7-2,10(13)14-19)11(18)16(5)8-9(17)15(3)4/h19H,6-8H2,1-5H3,(H2,13,14). The summed E-state index contributed by atoms with van der Waals surface area (Å²) in [6.45, 7) is 3.55. The summed E-state index contributed by atoms with van der Waals surface area (Å²) in [5.41, 5.74) is 4.60. The van der Waals surface area contributed by atoms with Crippen molar-refractivity contribution in [1.82, 2.24) is 9.80 Å². The van der Waals surface area contributed by atoms with Gasteiger partial charge < -0.3 is 20.7 Å². The van der Waals surface area contributed by atoms with Crippen LogP contribution in [0, 0.1) is 5.41 Å². The predicted octanol–water partition coefficient (Wildman–Crippen LogP) is 0.0858. The maximum Gasteiger partial charge on any atom is 0.241 e. The number of amides is 2. The molecule has 7 nitrogen and oxygen atoms in total.